The van der Waals surface area contributed by atoms with Gasteiger partial charge in [0.15, 0.2) is 0 Å². The number of benzene rings is 2. The second-order valence-electron chi connectivity index (χ2n) is 8.50. The van der Waals surface area contributed by atoms with Crippen molar-refractivity contribution in [2.24, 2.45) is 11.8 Å². The number of likely N-dealkylation sites (tertiary alicyclic amines) is 1. The first-order valence-corrected chi connectivity index (χ1v) is 12.7. The van der Waals surface area contributed by atoms with Crippen molar-refractivity contribution in [3.05, 3.63) is 47.5 Å². The number of amides is 3. The Hall–Kier alpha value is -3.11. The summed E-state index contributed by atoms with van der Waals surface area (Å²) in [5, 5.41) is 13.0. The summed E-state index contributed by atoms with van der Waals surface area (Å²) < 4.78 is 28.0. The van der Waals surface area contributed by atoms with E-state index in [0.29, 0.717) is 17.9 Å². The second kappa shape index (κ2) is 9.27. The number of carbonyl (C=O) groups excluding carboxylic acids is 3. The molecule has 4 rings (SSSR count). The zero-order valence-electron chi connectivity index (χ0n) is 18.3. The van der Waals surface area contributed by atoms with Crippen molar-refractivity contribution < 1.29 is 27.9 Å². The summed E-state index contributed by atoms with van der Waals surface area (Å²) in [4.78, 5) is 39.2. The summed E-state index contributed by atoms with van der Waals surface area (Å²) in [6.45, 7) is 1.43. The molecule has 1 saturated heterocycles. The molecule has 9 nitrogen and oxygen atoms in total. The van der Waals surface area contributed by atoms with Crippen molar-refractivity contribution in [1.82, 2.24) is 4.90 Å². The third-order valence-corrected chi connectivity index (χ3v) is 7.87. The van der Waals surface area contributed by atoms with Gasteiger partial charge in [-0.1, -0.05) is 30.5 Å². The first kappa shape index (κ1) is 24.0. The number of nitrogens with one attached hydrogen (secondary N) is 2. The minimum Gasteiger partial charge on any atom is -0.506 e. The van der Waals surface area contributed by atoms with Gasteiger partial charge in [-0.25, -0.2) is 8.42 Å². The van der Waals surface area contributed by atoms with Crippen LogP contribution in [0.25, 0.3) is 0 Å². The van der Waals surface area contributed by atoms with Crippen LogP contribution in [0.4, 0.5) is 11.4 Å². The van der Waals surface area contributed by atoms with Gasteiger partial charge in [0.25, 0.3) is 10.0 Å². The van der Waals surface area contributed by atoms with Crippen LogP contribution in [0.3, 0.4) is 0 Å². The molecule has 1 aliphatic carbocycles. The Balaban J connectivity index is 1.52. The molecule has 1 aliphatic heterocycles. The molecule has 11 heteroatoms. The molecular weight excluding hydrogens is 482 g/mol. The van der Waals surface area contributed by atoms with Gasteiger partial charge < -0.3 is 10.4 Å². The Bertz CT molecular complexity index is 1240. The molecule has 2 fully saturated rings. The highest BCUT2D eigenvalue weighted by atomic mass is 35.5. The van der Waals surface area contributed by atoms with Gasteiger partial charge in [0.2, 0.25) is 17.7 Å². The van der Waals surface area contributed by atoms with E-state index >= 15 is 0 Å². The van der Waals surface area contributed by atoms with Crippen LogP contribution in [0, 0.1) is 11.8 Å². The standard InChI is InChI=1S/C23H24ClN3O6S/c1-13(27-22(30)17-7-2-3-8-18(17)23(27)31)21(29)25-19-12-16(9-10-20(19)28)34(32,33)26-15-6-4-5-14(24)11-15/h4-6,9-13,17-18,26,28H,2-3,7-8H2,1H3,(H,25,29). The number of phenolic OH excluding ortho intramolecular Hbond substituents is 1. The molecule has 3 unspecified atom stereocenters. The lowest BCUT2D eigenvalue weighted by Crippen LogP contribution is -2.46. The molecule has 3 N–H and O–H groups in total. The number of aromatic hydroxyl groups is 1. The summed E-state index contributed by atoms with van der Waals surface area (Å²) in [5.41, 5.74) is 0.0784. The van der Waals surface area contributed by atoms with Crippen LogP contribution in [-0.2, 0) is 24.4 Å². The fraction of sp³-hybridized carbons (Fsp3) is 0.348. The number of fused-ring (bicyclic) bond motifs is 1. The first-order valence-electron chi connectivity index (χ1n) is 10.9. The smallest absolute Gasteiger partial charge is 0.261 e. The van der Waals surface area contributed by atoms with Crippen LogP contribution in [0.5, 0.6) is 5.75 Å². The molecule has 3 atom stereocenters. The maximum Gasteiger partial charge on any atom is 0.261 e. The SMILES string of the molecule is CC(C(=O)Nc1cc(S(=O)(=O)Nc2cccc(Cl)c2)ccc1O)N1C(=O)C2CCCCC2C1=O. The van der Waals surface area contributed by atoms with Crippen LogP contribution in [0.15, 0.2) is 47.4 Å². The molecule has 34 heavy (non-hydrogen) atoms. The van der Waals surface area contributed by atoms with Gasteiger partial charge in [-0.05, 0) is 56.2 Å². The zero-order valence-corrected chi connectivity index (χ0v) is 19.9. The van der Waals surface area contributed by atoms with Crippen LogP contribution in [0.1, 0.15) is 32.6 Å². The quantitative estimate of drug-likeness (QED) is 0.407. The van der Waals surface area contributed by atoms with Crippen molar-refractivity contribution >= 4 is 50.7 Å². The fourth-order valence-electron chi connectivity index (χ4n) is 4.47. The highest BCUT2D eigenvalue weighted by Crippen LogP contribution is 2.39. The van der Waals surface area contributed by atoms with E-state index in [0.717, 1.165) is 29.9 Å². The Labute approximate surface area is 202 Å². The monoisotopic (exact) mass is 505 g/mol. The molecule has 2 aromatic carbocycles. The largest absolute Gasteiger partial charge is 0.506 e. The van der Waals surface area contributed by atoms with Crippen LogP contribution in [-0.4, -0.2) is 42.2 Å². The number of anilines is 2. The Morgan fingerprint density at radius 2 is 1.74 bits per heavy atom. The summed E-state index contributed by atoms with van der Waals surface area (Å²) in [6, 6.07) is 8.44. The topological polar surface area (TPSA) is 133 Å². The van der Waals surface area contributed by atoms with Gasteiger partial charge in [-0.3, -0.25) is 24.0 Å². The third kappa shape index (κ3) is 4.60. The van der Waals surface area contributed by atoms with E-state index < -0.39 is 33.8 Å². The number of hydrogen-bond donors (Lipinski definition) is 3. The second-order valence-corrected chi connectivity index (χ2v) is 10.6. The molecule has 180 valence electrons. The van der Waals surface area contributed by atoms with Crippen molar-refractivity contribution in [2.45, 2.75) is 43.5 Å². The van der Waals surface area contributed by atoms with Gasteiger partial charge in [0.05, 0.1) is 28.1 Å². The van der Waals surface area contributed by atoms with Crippen LogP contribution in [0.2, 0.25) is 5.02 Å². The lowest BCUT2D eigenvalue weighted by atomic mass is 9.81. The van der Waals surface area contributed by atoms with Gasteiger partial charge in [-0.15, -0.1) is 0 Å². The lowest BCUT2D eigenvalue weighted by Gasteiger charge is -2.22. The Morgan fingerprint density at radius 1 is 1.09 bits per heavy atom. The molecule has 2 aliphatic rings. The molecule has 0 radical (unpaired) electrons. The Kier molecular flexibility index (Phi) is 6.55. The number of phenols is 1. The number of imide groups is 1. The highest BCUT2D eigenvalue weighted by Gasteiger charge is 2.50. The minimum atomic E-state index is -4.06. The van der Waals surface area contributed by atoms with Crippen molar-refractivity contribution in [3.63, 3.8) is 0 Å². The minimum absolute atomic E-state index is 0.165. The van der Waals surface area contributed by atoms with Crippen LogP contribution >= 0.6 is 11.6 Å². The van der Waals surface area contributed by atoms with E-state index in [1.165, 1.54) is 25.1 Å². The zero-order chi connectivity index (χ0) is 24.6. The van der Waals surface area contributed by atoms with E-state index in [2.05, 4.69) is 10.0 Å². The van der Waals surface area contributed by atoms with E-state index in [-0.39, 0.29) is 33.8 Å². The summed E-state index contributed by atoms with van der Waals surface area (Å²) >= 11 is 5.90. The molecule has 0 bridgehead atoms. The normalized spacial score (nSPS) is 21.2. The number of carbonyl (C=O) groups is 3. The molecule has 1 heterocycles. The Morgan fingerprint density at radius 3 is 2.35 bits per heavy atom. The van der Waals surface area contributed by atoms with Crippen molar-refractivity contribution in [1.29, 1.82) is 0 Å². The maximum atomic E-state index is 12.9. The van der Waals surface area contributed by atoms with Gasteiger partial charge in [0.1, 0.15) is 11.8 Å². The van der Waals surface area contributed by atoms with Crippen molar-refractivity contribution in [3.8, 4) is 5.75 Å². The van der Waals surface area contributed by atoms with Gasteiger partial charge >= 0.3 is 0 Å². The summed E-state index contributed by atoms with van der Waals surface area (Å²) in [6.07, 6.45) is 2.99. The molecule has 1 saturated carbocycles. The van der Waals surface area contributed by atoms with E-state index in [9.17, 15) is 27.9 Å². The van der Waals surface area contributed by atoms with Crippen molar-refractivity contribution in [2.75, 3.05) is 10.0 Å². The highest BCUT2D eigenvalue weighted by molar-refractivity contribution is 7.92. The molecule has 0 aromatic heterocycles. The van der Waals surface area contributed by atoms with E-state index in [4.69, 9.17) is 11.6 Å². The number of rotatable bonds is 6. The van der Waals surface area contributed by atoms with Gasteiger partial charge in [-0.2, -0.15) is 0 Å². The van der Waals surface area contributed by atoms with Crippen LogP contribution < -0.4 is 10.0 Å². The summed E-state index contributed by atoms with van der Waals surface area (Å²) in [5.74, 6) is -2.58. The molecule has 3 amide bonds. The molecule has 2 aromatic rings. The molecule has 0 spiro atoms. The van der Waals surface area contributed by atoms with E-state index in [1.807, 2.05) is 0 Å². The number of hydrogen-bond acceptors (Lipinski definition) is 6. The number of sulfonamides is 1. The van der Waals surface area contributed by atoms with E-state index in [1.54, 1.807) is 12.1 Å². The number of halogens is 1. The number of nitrogens with zero attached hydrogens (tertiary/aromatic N) is 1. The fourth-order valence-corrected chi connectivity index (χ4v) is 5.74. The maximum absolute atomic E-state index is 12.9. The average Bonchev–Trinajstić information content (AvgIpc) is 3.04. The van der Waals surface area contributed by atoms with Gasteiger partial charge in [0, 0.05) is 5.02 Å². The predicted octanol–water partition coefficient (Wildman–Crippen LogP) is 3.35. The average molecular weight is 506 g/mol. The predicted molar refractivity (Wildman–Crippen MR) is 126 cm³/mol. The lowest BCUT2D eigenvalue weighted by molar-refractivity contribution is -0.146. The first-order chi connectivity index (χ1) is 16.1. The third-order valence-electron chi connectivity index (χ3n) is 6.25. The molecular formula is C23H24ClN3O6S. The summed E-state index contributed by atoms with van der Waals surface area (Å²) in [7, 11) is -4.06.